The Morgan fingerprint density at radius 2 is 2.05 bits per heavy atom. The van der Waals surface area contributed by atoms with E-state index in [1.54, 1.807) is 0 Å². The summed E-state index contributed by atoms with van der Waals surface area (Å²) >= 11 is 0.132. The second-order valence-electron chi connectivity index (χ2n) is 3.89. The third-order valence-electron chi connectivity index (χ3n) is 2.32. The number of amides is 1. The molecule has 0 aromatic carbocycles. The minimum atomic E-state index is -4.65. The summed E-state index contributed by atoms with van der Waals surface area (Å²) in [6.07, 6.45) is -5.36. The van der Waals surface area contributed by atoms with Crippen LogP contribution in [0.25, 0.3) is 0 Å². The molecule has 114 valence electrons. The summed E-state index contributed by atoms with van der Waals surface area (Å²) in [5, 5.41) is 8.69. The van der Waals surface area contributed by atoms with Crippen molar-refractivity contribution < 1.29 is 26.7 Å². The van der Waals surface area contributed by atoms with Crippen molar-refractivity contribution in [3.05, 3.63) is 5.01 Å². The fourth-order valence-electron chi connectivity index (χ4n) is 1.48. The van der Waals surface area contributed by atoms with Gasteiger partial charge in [-0.1, -0.05) is 11.3 Å². The molecule has 2 rings (SSSR count). The Morgan fingerprint density at radius 1 is 1.40 bits per heavy atom. The first kappa shape index (κ1) is 17.0. The van der Waals surface area contributed by atoms with E-state index in [4.69, 9.17) is 0 Å². The summed E-state index contributed by atoms with van der Waals surface area (Å²) in [7, 11) is 0. The number of hydrogen-bond donors (Lipinski definition) is 2. The zero-order valence-corrected chi connectivity index (χ0v) is 11.1. The van der Waals surface area contributed by atoms with Gasteiger partial charge < -0.3 is 0 Å². The fourth-order valence-corrected chi connectivity index (χ4v) is 2.10. The minimum Gasteiger partial charge on any atom is -0.300 e. The monoisotopic (exact) mass is 338 g/mol. The largest absolute Gasteiger partial charge is 0.445 e. The molecule has 0 bridgehead atoms. The number of carbonyl (C=O) groups excluding carboxylic acids is 1. The second-order valence-corrected chi connectivity index (χ2v) is 4.87. The predicted octanol–water partition coefficient (Wildman–Crippen LogP) is 1.91. The molecule has 0 radical (unpaired) electrons. The SMILES string of the molecule is Cl.O=C(Nc1nnc(C(F)(F)F)s1)C1CC(F)(F)CN1. The van der Waals surface area contributed by atoms with Crippen molar-refractivity contribution in [3.63, 3.8) is 0 Å². The number of anilines is 1. The van der Waals surface area contributed by atoms with Crippen LogP contribution in [0.5, 0.6) is 0 Å². The Kier molecular flexibility index (Phi) is 4.87. The molecule has 2 N–H and O–H groups in total. The van der Waals surface area contributed by atoms with Gasteiger partial charge in [-0.25, -0.2) is 8.78 Å². The molecule has 1 saturated heterocycles. The first-order valence-corrected chi connectivity index (χ1v) is 5.82. The second kappa shape index (κ2) is 5.74. The number of nitrogens with zero attached hydrogens (tertiary/aromatic N) is 2. The third-order valence-corrected chi connectivity index (χ3v) is 3.21. The molecule has 2 heterocycles. The number of rotatable bonds is 2. The van der Waals surface area contributed by atoms with Gasteiger partial charge in [0.05, 0.1) is 12.6 Å². The molecular formula is C8H8ClF5N4OS. The van der Waals surface area contributed by atoms with Crippen LogP contribution in [0.1, 0.15) is 11.4 Å². The van der Waals surface area contributed by atoms with Crippen molar-refractivity contribution in [3.8, 4) is 0 Å². The molecule has 12 heteroatoms. The molecule has 1 aliphatic heterocycles. The van der Waals surface area contributed by atoms with Gasteiger partial charge in [-0.15, -0.1) is 22.6 Å². The van der Waals surface area contributed by atoms with Crippen LogP contribution in [-0.2, 0) is 11.0 Å². The molecule has 5 nitrogen and oxygen atoms in total. The van der Waals surface area contributed by atoms with Crippen LogP contribution in [-0.4, -0.2) is 34.6 Å². The lowest BCUT2D eigenvalue weighted by molar-refractivity contribution is -0.138. The zero-order valence-electron chi connectivity index (χ0n) is 9.50. The summed E-state index contributed by atoms with van der Waals surface area (Å²) in [6.45, 7) is -0.644. The highest BCUT2D eigenvalue weighted by molar-refractivity contribution is 7.15. The summed E-state index contributed by atoms with van der Waals surface area (Å²) < 4.78 is 62.3. The lowest BCUT2D eigenvalue weighted by atomic mass is 10.2. The number of hydrogen-bond acceptors (Lipinski definition) is 5. The molecule has 0 saturated carbocycles. The summed E-state index contributed by atoms with van der Waals surface area (Å²) in [6, 6.07) is -1.16. The van der Waals surface area contributed by atoms with E-state index in [1.165, 1.54) is 0 Å². The van der Waals surface area contributed by atoms with Gasteiger partial charge in [-0.05, 0) is 0 Å². The number of carbonyl (C=O) groups is 1. The van der Waals surface area contributed by atoms with Crippen molar-refractivity contribution in [2.24, 2.45) is 0 Å². The van der Waals surface area contributed by atoms with Crippen LogP contribution in [0.2, 0.25) is 0 Å². The van der Waals surface area contributed by atoms with Crippen molar-refractivity contribution >= 4 is 34.8 Å². The molecule has 1 amide bonds. The molecule has 1 aliphatic rings. The Labute approximate surface area is 119 Å². The van der Waals surface area contributed by atoms with Crippen molar-refractivity contribution in [1.82, 2.24) is 15.5 Å². The van der Waals surface area contributed by atoms with Crippen molar-refractivity contribution in [2.45, 2.75) is 24.6 Å². The quantitative estimate of drug-likeness (QED) is 0.809. The van der Waals surface area contributed by atoms with E-state index in [0.717, 1.165) is 0 Å². The Morgan fingerprint density at radius 3 is 2.50 bits per heavy atom. The zero-order chi connectivity index (χ0) is 14.3. The van der Waals surface area contributed by atoms with E-state index in [0.29, 0.717) is 0 Å². The maximum absolute atomic E-state index is 12.8. The highest BCUT2D eigenvalue weighted by Gasteiger charge is 2.42. The standard InChI is InChI=1S/C8H7F5N4OS.ClH/c9-7(10)1-3(14-2-7)4(18)15-6-17-16-5(19-6)8(11,12)13;/h3,14H,1-2H2,(H,15,17,18);1H. The first-order valence-electron chi connectivity index (χ1n) is 5.00. The average Bonchev–Trinajstić information content (AvgIpc) is 2.83. The van der Waals surface area contributed by atoms with Gasteiger partial charge in [0.2, 0.25) is 16.0 Å². The molecule has 1 aromatic rings. The topological polar surface area (TPSA) is 66.9 Å². The van der Waals surface area contributed by atoms with Crippen LogP contribution >= 0.6 is 23.7 Å². The maximum Gasteiger partial charge on any atom is 0.445 e. The maximum atomic E-state index is 12.8. The van der Waals surface area contributed by atoms with Gasteiger partial charge in [-0.3, -0.25) is 15.4 Å². The number of halogens is 6. The highest BCUT2D eigenvalue weighted by Crippen LogP contribution is 2.33. The van der Waals surface area contributed by atoms with E-state index in [9.17, 15) is 26.7 Å². The highest BCUT2D eigenvalue weighted by atomic mass is 35.5. The fraction of sp³-hybridized carbons (Fsp3) is 0.625. The van der Waals surface area contributed by atoms with Gasteiger partial charge >= 0.3 is 6.18 Å². The van der Waals surface area contributed by atoms with Crippen LogP contribution < -0.4 is 10.6 Å². The van der Waals surface area contributed by atoms with Gasteiger partial charge in [0.15, 0.2) is 0 Å². The third kappa shape index (κ3) is 3.96. The summed E-state index contributed by atoms with van der Waals surface area (Å²) in [5.74, 6) is -3.86. The van der Waals surface area contributed by atoms with Gasteiger partial charge in [0, 0.05) is 6.42 Å². The summed E-state index contributed by atoms with van der Waals surface area (Å²) in [5.41, 5.74) is 0. The Balaban J connectivity index is 0.00000200. The van der Waals surface area contributed by atoms with Crippen molar-refractivity contribution in [1.29, 1.82) is 0 Å². The molecule has 1 unspecified atom stereocenters. The minimum absolute atomic E-state index is 0. The molecule has 0 aliphatic carbocycles. The van der Waals surface area contributed by atoms with E-state index < -0.39 is 42.0 Å². The summed E-state index contributed by atoms with van der Waals surface area (Å²) in [4.78, 5) is 11.5. The number of aromatic nitrogens is 2. The molecule has 1 fully saturated rings. The van der Waals surface area contributed by atoms with Gasteiger partial charge in [-0.2, -0.15) is 13.2 Å². The molecular weight excluding hydrogens is 331 g/mol. The van der Waals surface area contributed by atoms with Crippen LogP contribution in [0.3, 0.4) is 0 Å². The predicted molar refractivity (Wildman–Crippen MR) is 62.1 cm³/mol. The first-order chi connectivity index (χ1) is 8.67. The molecule has 20 heavy (non-hydrogen) atoms. The van der Waals surface area contributed by atoms with Crippen LogP contribution in [0.15, 0.2) is 0 Å². The Bertz CT molecular complexity index is 493. The lowest BCUT2D eigenvalue weighted by Crippen LogP contribution is -2.35. The van der Waals surface area contributed by atoms with E-state index in [1.807, 2.05) is 5.32 Å². The van der Waals surface area contributed by atoms with Crippen LogP contribution in [0, 0.1) is 0 Å². The number of nitrogens with one attached hydrogen (secondary N) is 2. The van der Waals surface area contributed by atoms with E-state index >= 15 is 0 Å². The molecule has 1 atom stereocenters. The van der Waals surface area contributed by atoms with Gasteiger partial charge in [0.1, 0.15) is 0 Å². The lowest BCUT2D eigenvalue weighted by Gasteiger charge is -2.08. The van der Waals surface area contributed by atoms with Gasteiger partial charge in [0.25, 0.3) is 5.92 Å². The van der Waals surface area contributed by atoms with E-state index in [-0.39, 0.29) is 28.9 Å². The normalized spacial score (nSPS) is 21.4. The van der Waals surface area contributed by atoms with Crippen molar-refractivity contribution in [2.75, 3.05) is 11.9 Å². The Hall–Kier alpha value is -1.07. The molecule has 1 aromatic heterocycles. The molecule has 0 spiro atoms. The number of alkyl halides is 5. The van der Waals surface area contributed by atoms with E-state index in [2.05, 4.69) is 15.5 Å². The van der Waals surface area contributed by atoms with Crippen LogP contribution in [0.4, 0.5) is 27.1 Å². The average molecular weight is 339 g/mol. The smallest absolute Gasteiger partial charge is 0.300 e.